The first-order valence-corrected chi connectivity index (χ1v) is 7.58. The number of pyridine rings is 1. The van der Waals surface area contributed by atoms with Crippen LogP contribution in [0.1, 0.15) is 25.5 Å². The van der Waals surface area contributed by atoms with Gasteiger partial charge in [0.1, 0.15) is 0 Å². The van der Waals surface area contributed by atoms with Crippen LogP contribution in [0.2, 0.25) is 0 Å². The molecule has 1 atom stereocenters. The summed E-state index contributed by atoms with van der Waals surface area (Å²) in [5, 5.41) is 3.39. The first kappa shape index (κ1) is 18.3. The number of nitrogens with one attached hydrogen (secondary N) is 1. The van der Waals surface area contributed by atoms with Gasteiger partial charge in [-0.25, -0.2) is 0 Å². The Morgan fingerprint density at radius 2 is 2.10 bits per heavy atom. The van der Waals surface area contributed by atoms with Crippen molar-refractivity contribution in [2.24, 2.45) is 5.92 Å². The second kappa shape index (κ2) is 9.30. The van der Waals surface area contributed by atoms with Crippen LogP contribution >= 0.6 is 24.6 Å². The van der Waals surface area contributed by atoms with Gasteiger partial charge >= 0.3 is 0 Å². The minimum absolute atomic E-state index is 0. The molecule has 21 heavy (non-hydrogen) atoms. The Kier molecular flexibility index (Phi) is 8.11. The molecular weight excluding hydrogens is 306 g/mol. The summed E-state index contributed by atoms with van der Waals surface area (Å²) in [6.07, 6.45) is 1.83. The topological polar surface area (TPSA) is 37.4 Å². The smallest absolute Gasteiger partial charge is 0.0857 e. The molecule has 0 amide bonds. The zero-order valence-corrected chi connectivity index (χ0v) is 14.3. The normalized spacial score (nSPS) is 17.1. The summed E-state index contributed by atoms with van der Waals surface area (Å²) >= 11 is 5.59. The largest absolute Gasteiger partial charge is 0.379 e. The molecule has 0 aliphatic carbocycles. The Morgan fingerprint density at radius 3 is 2.67 bits per heavy atom. The summed E-state index contributed by atoms with van der Waals surface area (Å²) in [5.74, 6) is 0.599. The van der Waals surface area contributed by atoms with E-state index in [1.165, 1.54) is 0 Å². The summed E-state index contributed by atoms with van der Waals surface area (Å²) in [6, 6.07) is 6.00. The van der Waals surface area contributed by atoms with Crippen molar-refractivity contribution in [2.45, 2.75) is 19.8 Å². The zero-order valence-electron chi connectivity index (χ0n) is 12.6. The van der Waals surface area contributed by atoms with E-state index in [2.05, 4.69) is 29.0 Å². The van der Waals surface area contributed by atoms with Gasteiger partial charge in [0.15, 0.2) is 0 Å². The molecule has 1 aromatic heterocycles. The minimum atomic E-state index is 0. The number of hydrogen-bond acceptors (Lipinski definition) is 4. The van der Waals surface area contributed by atoms with Gasteiger partial charge in [-0.2, -0.15) is 0 Å². The number of nitrogens with zero attached hydrogens (tertiary/aromatic N) is 2. The molecule has 1 aliphatic heterocycles. The lowest BCUT2D eigenvalue weighted by molar-refractivity contribution is 0.0366. The third kappa shape index (κ3) is 5.51. The number of ether oxygens (including phenoxy) is 1. The molecule has 1 saturated heterocycles. The van der Waals surface area contributed by atoms with E-state index in [0.29, 0.717) is 5.92 Å². The SMILES string of the molecule is CC(C)C(C(=S)NCN1CCOCC1)c1ccccn1.Cl. The van der Waals surface area contributed by atoms with E-state index >= 15 is 0 Å². The molecule has 0 radical (unpaired) electrons. The molecule has 2 heterocycles. The van der Waals surface area contributed by atoms with E-state index in [0.717, 1.165) is 43.7 Å². The van der Waals surface area contributed by atoms with Gasteiger partial charge in [0.2, 0.25) is 0 Å². The highest BCUT2D eigenvalue weighted by atomic mass is 35.5. The second-order valence-corrected chi connectivity index (χ2v) is 5.85. The van der Waals surface area contributed by atoms with Crippen LogP contribution < -0.4 is 5.32 Å². The highest BCUT2D eigenvalue weighted by Crippen LogP contribution is 2.23. The van der Waals surface area contributed by atoms with Gasteiger partial charge in [-0.15, -0.1) is 12.4 Å². The highest BCUT2D eigenvalue weighted by Gasteiger charge is 2.22. The lowest BCUT2D eigenvalue weighted by Crippen LogP contribution is -2.45. The molecule has 1 N–H and O–H groups in total. The Labute approximate surface area is 138 Å². The number of thiocarbonyl (C=S) groups is 1. The first-order valence-electron chi connectivity index (χ1n) is 7.17. The molecule has 1 aromatic rings. The molecule has 2 rings (SSSR count). The fourth-order valence-corrected chi connectivity index (χ4v) is 2.85. The van der Waals surface area contributed by atoms with Crippen LogP contribution in [0.3, 0.4) is 0 Å². The molecule has 0 saturated carbocycles. The molecule has 1 fully saturated rings. The molecule has 0 aromatic carbocycles. The number of morpholine rings is 1. The monoisotopic (exact) mass is 329 g/mol. The van der Waals surface area contributed by atoms with Crippen molar-refractivity contribution >= 4 is 29.6 Å². The number of aromatic nitrogens is 1. The summed E-state index contributed by atoms with van der Waals surface area (Å²) < 4.78 is 5.35. The van der Waals surface area contributed by atoms with E-state index in [1.54, 1.807) is 0 Å². The molecular formula is C15H24ClN3OS. The zero-order chi connectivity index (χ0) is 14.4. The Hall–Kier alpha value is -0.750. The number of rotatable bonds is 5. The molecule has 0 spiro atoms. The van der Waals surface area contributed by atoms with E-state index in [4.69, 9.17) is 17.0 Å². The van der Waals surface area contributed by atoms with Crippen LogP contribution in [0, 0.1) is 5.92 Å². The lowest BCUT2D eigenvalue weighted by atomic mass is 9.92. The highest BCUT2D eigenvalue weighted by molar-refractivity contribution is 7.80. The van der Waals surface area contributed by atoms with Crippen LogP contribution in [0.4, 0.5) is 0 Å². The first-order chi connectivity index (χ1) is 9.68. The van der Waals surface area contributed by atoms with E-state index < -0.39 is 0 Å². The molecule has 0 bridgehead atoms. The van der Waals surface area contributed by atoms with Crippen molar-refractivity contribution in [3.8, 4) is 0 Å². The summed E-state index contributed by atoms with van der Waals surface area (Å²) in [4.78, 5) is 7.66. The van der Waals surface area contributed by atoms with Crippen LogP contribution in [-0.2, 0) is 4.74 Å². The third-order valence-electron chi connectivity index (χ3n) is 3.54. The molecule has 1 unspecified atom stereocenters. The van der Waals surface area contributed by atoms with Crippen molar-refractivity contribution in [3.63, 3.8) is 0 Å². The Balaban J connectivity index is 0.00000220. The van der Waals surface area contributed by atoms with Crippen LogP contribution in [0.5, 0.6) is 0 Å². The maximum absolute atomic E-state index is 5.59. The van der Waals surface area contributed by atoms with Crippen LogP contribution in [0.25, 0.3) is 0 Å². The minimum Gasteiger partial charge on any atom is -0.379 e. The van der Waals surface area contributed by atoms with Gasteiger partial charge in [-0.1, -0.05) is 32.1 Å². The van der Waals surface area contributed by atoms with Crippen molar-refractivity contribution < 1.29 is 4.74 Å². The van der Waals surface area contributed by atoms with Crippen molar-refractivity contribution in [2.75, 3.05) is 33.0 Å². The van der Waals surface area contributed by atoms with Crippen molar-refractivity contribution in [3.05, 3.63) is 30.1 Å². The molecule has 118 valence electrons. The standard InChI is InChI=1S/C15H23N3OS.ClH/c1-12(2)14(13-5-3-4-6-16-13)15(20)17-11-18-7-9-19-10-8-18;/h3-6,12,14H,7-11H2,1-2H3,(H,17,20);1H. The Morgan fingerprint density at radius 1 is 1.38 bits per heavy atom. The summed E-state index contributed by atoms with van der Waals surface area (Å²) in [5.41, 5.74) is 1.04. The van der Waals surface area contributed by atoms with E-state index in [-0.39, 0.29) is 18.3 Å². The Bertz CT molecular complexity index is 424. The fraction of sp³-hybridized carbons (Fsp3) is 0.600. The van der Waals surface area contributed by atoms with Gasteiger partial charge in [0.05, 0.1) is 36.5 Å². The maximum atomic E-state index is 5.59. The van der Waals surface area contributed by atoms with Crippen LogP contribution in [-0.4, -0.2) is 47.8 Å². The maximum Gasteiger partial charge on any atom is 0.0857 e. The van der Waals surface area contributed by atoms with Gasteiger partial charge in [-0.05, 0) is 18.1 Å². The van der Waals surface area contributed by atoms with E-state index in [1.807, 2.05) is 24.4 Å². The molecule has 1 aliphatic rings. The average Bonchev–Trinajstić information content (AvgIpc) is 2.47. The van der Waals surface area contributed by atoms with Gasteiger partial charge in [0, 0.05) is 19.3 Å². The van der Waals surface area contributed by atoms with Gasteiger partial charge < -0.3 is 10.1 Å². The van der Waals surface area contributed by atoms with E-state index in [9.17, 15) is 0 Å². The number of hydrogen-bond donors (Lipinski definition) is 1. The molecule has 6 heteroatoms. The second-order valence-electron chi connectivity index (χ2n) is 5.41. The summed E-state index contributed by atoms with van der Waals surface area (Å²) in [7, 11) is 0. The quantitative estimate of drug-likeness (QED) is 0.840. The van der Waals surface area contributed by atoms with Crippen LogP contribution in [0.15, 0.2) is 24.4 Å². The predicted octanol–water partition coefficient (Wildman–Crippen LogP) is 2.45. The van der Waals surface area contributed by atoms with Crippen molar-refractivity contribution in [1.29, 1.82) is 0 Å². The average molecular weight is 330 g/mol. The van der Waals surface area contributed by atoms with Crippen molar-refractivity contribution in [1.82, 2.24) is 15.2 Å². The summed E-state index contributed by atoms with van der Waals surface area (Å²) in [6.45, 7) is 8.70. The number of halogens is 1. The lowest BCUT2D eigenvalue weighted by Gasteiger charge is -2.29. The third-order valence-corrected chi connectivity index (χ3v) is 3.93. The fourth-order valence-electron chi connectivity index (χ4n) is 2.40. The van der Waals surface area contributed by atoms with Gasteiger partial charge in [0.25, 0.3) is 0 Å². The molecule has 4 nitrogen and oxygen atoms in total. The predicted molar refractivity (Wildman–Crippen MR) is 92.1 cm³/mol. The van der Waals surface area contributed by atoms with Gasteiger partial charge in [-0.3, -0.25) is 9.88 Å².